The van der Waals surface area contributed by atoms with E-state index in [1.54, 1.807) is 44.2 Å². The van der Waals surface area contributed by atoms with Crippen molar-refractivity contribution in [3.63, 3.8) is 0 Å². The van der Waals surface area contributed by atoms with Gasteiger partial charge < -0.3 is 15.4 Å². The molecule has 1 heterocycles. The van der Waals surface area contributed by atoms with E-state index in [4.69, 9.17) is 4.74 Å². The normalized spacial score (nSPS) is 11.9. The smallest absolute Gasteiger partial charge is 0.329 e. The number of rotatable bonds is 7. The van der Waals surface area contributed by atoms with Gasteiger partial charge in [-0.3, -0.25) is 9.59 Å². The number of nitrogens with one attached hydrogen (secondary N) is 2. The Balaban J connectivity index is 1.58. The van der Waals surface area contributed by atoms with Gasteiger partial charge in [0.15, 0.2) is 6.61 Å². The number of benzene rings is 2. The molecule has 0 radical (unpaired) electrons. The number of nitrogens with zero attached hydrogens (tertiary/aromatic N) is 2. The van der Waals surface area contributed by atoms with E-state index in [0.717, 1.165) is 17.3 Å². The highest BCUT2D eigenvalue weighted by atomic mass is 32.1. The fraction of sp³-hybridized carbons (Fsp3) is 0.286. The Morgan fingerprint density at radius 1 is 1.07 bits per heavy atom. The first-order chi connectivity index (χ1) is 14.3. The maximum absolute atomic E-state index is 12.5. The van der Waals surface area contributed by atoms with E-state index in [2.05, 4.69) is 19.4 Å². The Hall–Kier alpha value is -3.33. The van der Waals surface area contributed by atoms with Crippen LogP contribution in [0.2, 0.25) is 0 Å². The van der Waals surface area contributed by atoms with Crippen molar-refractivity contribution in [1.82, 2.24) is 14.1 Å². The summed E-state index contributed by atoms with van der Waals surface area (Å²) in [6.07, 6.45) is 0. The number of anilines is 1. The Kier molecular flexibility index (Phi) is 6.73. The van der Waals surface area contributed by atoms with E-state index < -0.39 is 24.5 Å². The molecule has 0 aliphatic rings. The van der Waals surface area contributed by atoms with Gasteiger partial charge in [-0.2, -0.15) is 8.75 Å². The van der Waals surface area contributed by atoms with Gasteiger partial charge in [0.2, 0.25) is 0 Å². The standard InChI is InChI=1S/C21H22N4O4S/c1-12(2)18(23-20(27)14-9-7-13(3)8-10-14)21(28)29-11-17(26)22-15-5-4-6-16-19(15)25-30-24-16/h4-10,12,18H,11H2,1-3H3,(H,22,26)(H,23,27)/t18-/m0/s1. The highest BCUT2D eigenvalue weighted by molar-refractivity contribution is 7.00. The van der Waals surface area contributed by atoms with Gasteiger partial charge in [-0.25, -0.2) is 4.79 Å². The zero-order valence-electron chi connectivity index (χ0n) is 16.8. The molecule has 0 fully saturated rings. The van der Waals surface area contributed by atoms with Gasteiger partial charge in [0.05, 0.1) is 17.4 Å². The summed E-state index contributed by atoms with van der Waals surface area (Å²) < 4.78 is 13.4. The fourth-order valence-corrected chi connectivity index (χ4v) is 3.30. The number of carbonyl (C=O) groups excluding carboxylic acids is 3. The van der Waals surface area contributed by atoms with Crippen LogP contribution in [0.5, 0.6) is 0 Å². The van der Waals surface area contributed by atoms with Crippen LogP contribution in [0.4, 0.5) is 5.69 Å². The molecule has 2 amide bonds. The van der Waals surface area contributed by atoms with Crippen LogP contribution in [-0.4, -0.2) is 39.2 Å². The molecule has 8 nitrogen and oxygen atoms in total. The number of hydrogen-bond donors (Lipinski definition) is 2. The number of aryl methyl sites for hydroxylation is 1. The van der Waals surface area contributed by atoms with Crippen molar-refractivity contribution >= 4 is 46.2 Å². The number of carbonyl (C=O) groups is 3. The number of hydrogen-bond acceptors (Lipinski definition) is 7. The second-order valence-corrected chi connectivity index (χ2v) is 7.68. The minimum atomic E-state index is -0.877. The van der Waals surface area contributed by atoms with Crippen molar-refractivity contribution in [3.8, 4) is 0 Å². The lowest BCUT2D eigenvalue weighted by Crippen LogP contribution is -2.45. The van der Waals surface area contributed by atoms with Crippen LogP contribution in [0.1, 0.15) is 29.8 Å². The molecule has 0 saturated carbocycles. The van der Waals surface area contributed by atoms with Gasteiger partial charge in [0.1, 0.15) is 17.1 Å². The minimum absolute atomic E-state index is 0.218. The summed E-state index contributed by atoms with van der Waals surface area (Å²) in [7, 11) is 0. The molecule has 3 aromatic rings. The zero-order valence-corrected chi connectivity index (χ0v) is 17.7. The van der Waals surface area contributed by atoms with E-state index >= 15 is 0 Å². The Bertz CT molecular complexity index is 1060. The third-order valence-electron chi connectivity index (χ3n) is 4.43. The van der Waals surface area contributed by atoms with Gasteiger partial charge in [0.25, 0.3) is 11.8 Å². The molecular weight excluding hydrogens is 404 g/mol. The first kappa shape index (κ1) is 21.4. The molecule has 0 unspecified atom stereocenters. The Morgan fingerprint density at radius 2 is 1.80 bits per heavy atom. The van der Waals surface area contributed by atoms with Gasteiger partial charge in [-0.1, -0.05) is 37.6 Å². The van der Waals surface area contributed by atoms with Crippen molar-refractivity contribution in [2.75, 3.05) is 11.9 Å². The van der Waals surface area contributed by atoms with E-state index in [-0.39, 0.29) is 11.8 Å². The third-order valence-corrected chi connectivity index (χ3v) is 4.97. The molecule has 30 heavy (non-hydrogen) atoms. The summed E-state index contributed by atoms with van der Waals surface area (Å²) in [5.74, 6) is -1.77. The van der Waals surface area contributed by atoms with Crippen molar-refractivity contribution in [2.24, 2.45) is 5.92 Å². The summed E-state index contributed by atoms with van der Waals surface area (Å²) in [6.45, 7) is 5.03. The molecule has 0 spiro atoms. The van der Waals surface area contributed by atoms with Gasteiger partial charge in [-0.05, 0) is 37.1 Å². The number of ether oxygens (including phenoxy) is 1. The van der Waals surface area contributed by atoms with Gasteiger partial charge in [0, 0.05) is 5.56 Å². The van der Waals surface area contributed by atoms with Crippen molar-refractivity contribution < 1.29 is 19.1 Å². The quantitative estimate of drug-likeness (QED) is 0.562. The molecule has 0 bridgehead atoms. The van der Waals surface area contributed by atoms with Gasteiger partial charge in [-0.15, -0.1) is 0 Å². The SMILES string of the molecule is Cc1ccc(C(=O)N[C@H](C(=O)OCC(=O)Nc2cccc3nsnc23)C(C)C)cc1. The average Bonchev–Trinajstić information content (AvgIpc) is 3.20. The van der Waals surface area contributed by atoms with E-state index in [9.17, 15) is 14.4 Å². The van der Waals surface area contributed by atoms with Crippen LogP contribution < -0.4 is 10.6 Å². The molecule has 0 aliphatic carbocycles. The highest BCUT2D eigenvalue weighted by Crippen LogP contribution is 2.21. The summed E-state index contributed by atoms with van der Waals surface area (Å²) in [6, 6.07) is 11.4. The van der Waals surface area contributed by atoms with Crippen LogP contribution in [0, 0.1) is 12.8 Å². The van der Waals surface area contributed by atoms with Crippen LogP contribution >= 0.6 is 11.7 Å². The molecule has 0 saturated heterocycles. The lowest BCUT2D eigenvalue weighted by atomic mass is 10.0. The van der Waals surface area contributed by atoms with Crippen LogP contribution in [0.3, 0.4) is 0 Å². The third kappa shape index (κ3) is 5.18. The monoisotopic (exact) mass is 426 g/mol. The Morgan fingerprint density at radius 3 is 2.50 bits per heavy atom. The van der Waals surface area contributed by atoms with E-state index in [1.165, 1.54) is 0 Å². The molecule has 0 aliphatic heterocycles. The molecule has 2 aromatic carbocycles. The van der Waals surface area contributed by atoms with E-state index in [1.807, 2.05) is 19.1 Å². The molecule has 9 heteroatoms. The minimum Gasteiger partial charge on any atom is -0.454 e. The second-order valence-electron chi connectivity index (χ2n) is 7.15. The predicted molar refractivity (Wildman–Crippen MR) is 114 cm³/mol. The van der Waals surface area contributed by atoms with Crippen molar-refractivity contribution in [1.29, 1.82) is 0 Å². The first-order valence-electron chi connectivity index (χ1n) is 9.40. The maximum atomic E-state index is 12.5. The van der Waals surface area contributed by atoms with Crippen molar-refractivity contribution in [2.45, 2.75) is 26.8 Å². The number of esters is 1. The lowest BCUT2D eigenvalue weighted by Gasteiger charge is -2.21. The van der Waals surface area contributed by atoms with Crippen molar-refractivity contribution in [3.05, 3.63) is 53.6 Å². The summed E-state index contributed by atoms with van der Waals surface area (Å²) in [5.41, 5.74) is 3.22. The van der Waals surface area contributed by atoms with Crippen LogP contribution in [0.15, 0.2) is 42.5 Å². The van der Waals surface area contributed by atoms with Crippen LogP contribution in [-0.2, 0) is 14.3 Å². The van der Waals surface area contributed by atoms with Gasteiger partial charge >= 0.3 is 5.97 Å². The summed E-state index contributed by atoms with van der Waals surface area (Å²) in [4.78, 5) is 37.2. The zero-order chi connectivity index (χ0) is 21.7. The molecule has 3 rings (SSSR count). The number of amides is 2. The maximum Gasteiger partial charge on any atom is 0.329 e. The number of fused-ring (bicyclic) bond motifs is 1. The Labute approximate surface area is 178 Å². The summed E-state index contributed by atoms with van der Waals surface area (Å²) in [5, 5.41) is 5.35. The lowest BCUT2D eigenvalue weighted by molar-refractivity contribution is -0.150. The molecule has 1 aromatic heterocycles. The fourth-order valence-electron chi connectivity index (χ4n) is 2.75. The predicted octanol–water partition coefficient (Wildman–Crippen LogP) is 2.94. The molecule has 2 N–H and O–H groups in total. The summed E-state index contributed by atoms with van der Waals surface area (Å²) >= 11 is 1.05. The highest BCUT2D eigenvalue weighted by Gasteiger charge is 2.27. The number of aromatic nitrogens is 2. The average molecular weight is 426 g/mol. The molecular formula is C21H22N4O4S. The van der Waals surface area contributed by atoms with Crippen LogP contribution in [0.25, 0.3) is 11.0 Å². The largest absolute Gasteiger partial charge is 0.454 e. The topological polar surface area (TPSA) is 110 Å². The second kappa shape index (κ2) is 9.45. The molecule has 156 valence electrons. The molecule has 1 atom stereocenters. The van der Waals surface area contributed by atoms with E-state index in [0.29, 0.717) is 22.3 Å². The first-order valence-corrected chi connectivity index (χ1v) is 10.1.